The minimum Gasteiger partial charge on any atom is -0.507 e. The van der Waals surface area contributed by atoms with Crippen molar-refractivity contribution in [2.45, 2.75) is 46.8 Å². The SMILES string of the molecule is CCOc1cccc(N2C(=O)C(=O)/C(=C(\O)c3ccc(OCC)cc3OCC)C2c2ccc(OC(C)C)cc2)c1. The predicted molar refractivity (Wildman–Crippen MR) is 153 cm³/mol. The highest BCUT2D eigenvalue weighted by Gasteiger charge is 2.47. The van der Waals surface area contributed by atoms with Gasteiger partial charge >= 0.3 is 0 Å². The zero-order chi connectivity index (χ0) is 28.8. The quantitative estimate of drug-likeness (QED) is 0.172. The molecule has 1 heterocycles. The number of hydrogen-bond donors (Lipinski definition) is 1. The molecular weight excluding hydrogens is 510 g/mol. The number of hydrogen-bond acceptors (Lipinski definition) is 7. The van der Waals surface area contributed by atoms with Crippen LogP contribution in [0.4, 0.5) is 5.69 Å². The van der Waals surface area contributed by atoms with Gasteiger partial charge in [-0.3, -0.25) is 14.5 Å². The van der Waals surface area contributed by atoms with Gasteiger partial charge in [-0.15, -0.1) is 0 Å². The summed E-state index contributed by atoms with van der Waals surface area (Å²) < 4.78 is 22.8. The van der Waals surface area contributed by atoms with Crippen LogP contribution in [0.2, 0.25) is 0 Å². The topological polar surface area (TPSA) is 94.5 Å². The second-order valence-corrected chi connectivity index (χ2v) is 9.36. The van der Waals surface area contributed by atoms with E-state index in [1.165, 1.54) is 4.90 Å². The number of aliphatic hydroxyl groups is 1. The van der Waals surface area contributed by atoms with Gasteiger partial charge in [0.2, 0.25) is 0 Å². The second-order valence-electron chi connectivity index (χ2n) is 9.36. The molecule has 1 unspecified atom stereocenters. The molecule has 4 rings (SSSR count). The van der Waals surface area contributed by atoms with Crippen LogP contribution in [0.1, 0.15) is 51.8 Å². The molecule has 0 bridgehead atoms. The highest BCUT2D eigenvalue weighted by Crippen LogP contribution is 2.44. The number of ether oxygens (including phenoxy) is 4. The van der Waals surface area contributed by atoms with Gasteiger partial charge in [0, 0.05) is 17.8 Å². The molecule has 210 valence electrons. The first-order valence-corrected chi connectivity index (χ1v) is 13.5. The van der Waals surface area contributed by atoms with E-state index in [1.54, 1.807) is 66.7 Å². The molecule has 1 fully saturated rings. The molecule has 40 heavy (non-hydrogen) atoms. The molecule has 8 heteroatoms. The molecule has 1 saturated heterocycles. The monoisotopic (exact) mass is 545 g/mol. The van der Waals surface area contributed by atoms with Crippen LogP contribution in [0.15, 0.2) is 72.3 Å². The van der Waals surface area contributed by atoms with Crippen LogP contribution < -0.4 is 23.8 Å². The van der Waals surface area contributed by atoms with Crippen LogP contribution in [0.3, 0.4) is 0 Å². The first-order valence-electron chi connectivity index (χ1n) is 13.5. The van der Waals surface area contributed by atoms with Crippen molar-refractivity contribution in [2.24, 2.45) is 0 Å². The molecule has 0 radical (unpaired) electrons. The lowest BCUT2D eigenvalue weighted by Crippen LogP contribution is -2.29. The third-order valence-corrected chi connectivity index (χ3v) is 6.24. The van der Waals surface area contributed by atoms with E-state index in [0.717, 1.165) is 0 Å². The number of nitrogens with zero attached hydrogens (tertiary/aromatic N) is 1. The van der Waals surface area contributed by atoms with Crippen molar-refractivity contribution in [2.75, 3.05) is 24.7 Å². The molecule has 0 saturated carbocycles. The predicted octanol–water partition coefficient (Wildman–Crippen LogP) is 6.30. The molecule has 8 nitrogen and oxygen atoms in total. The Morgan fingerprint density at radius 2 is 1.45 bits per heavy atom. The van der Waals surface area contributed by atoms with Gasteiger partial charge in [-0.25, -0.2) is 0 Å². The summed E-state index contributed by atoms with van der Waals surface area (Å²) in [6, 6.07) is 18.2. The lowest BCUT2D eigenvalue weighted by molar-refractivity contribution is -0.132. The van der Waals surface area contributed by atoms with Crippen LogP contribution >= 0.6 is 0 Å². The summed E-state index contributed by atoms with van der Waals surface area (Å²) >= 11 is 0. The van der Waals surface area contributed by atoms with Gasteiger partial charge in [0.25, 0.3) is 11.7 Å². The molecule has 1 aliphatic rings. The lowest BCUT2D eigenvalue weighted by Gasteiger charge is -2.26. The van der Waals surface area contributed by atoms with Crippen molar-refractivity contribution in [1.82, 2.24) is 0 Å². The van der Waals surface area contributed by atoms with Gasteiger partial charge in [-0.2, -0.15) is 0 Å². The Morgan fingerprint density at radius 3 is 2.08 bits per heavy atom. The Labute approximate surface area is 234 Å². The normalized spacial score (nSPS) is 16.4. The number of rotatable bonds is 11. The van der Waals surface area contributed by atoms with Gasteiger partial charge in [-0.1, -0.05) is 18.2 Å². The van der Waals surface area contributed by atoms with E-state index in [9.17, 15) is 14.7 Å². The maximum absolute atomic E-state index is 13.6. The Bertz CT molecular complexity index is 1390. The molecule has 0 spiro atoms. The van der Waals surface area contributed by atoms with E-state index >= 15 is 0 Å². The molecule has 0 aliphatic carbocycles. The van der Waals surface area contributed by atoms with E-state index < -0.39 is 17.7 Å². The average molecular weight is 546 g/mol. The lowest BCUT2D eigenvalue weighted by atomic mass is 9.94. The smallest absolute Gasteiger partial charge is 0.300 e. The molecule has 1 N–H and O–H groups in total. The fourth-order valence-electron chi connectivity index (χ4n) is 4.68. The Morgan fingerprint density at radius 1 is 0.825 bits per heavy atom. The number of aliphatic hydroxyl groups excluding tert-OH is 1. The summed E-state index contributed by atoms with van der Waals surface area (Å²) in [6.45, 7) is 10.7. The summed E-state index contributed by atoms with van der Waals surface area (Å²) in [4.78, 5) is 28.6. The van der Waals surface area contributed by atoms with Crippen molar-refractivity contribution >= 4 is 23.1 Å². The van der Waals surface area contributed by atoms with Crippen molar-refractivity contribution in [3.63, 3.8) is 0 Å². The van der Waals surface area contributed by atoms with Crippen LogP contribution in [0.5, 0.6) is 23.0 Å². The van der Waals surface area contributed by atoms with Gasteiger partial charge in [0.1, 0.15) is 28.8 Å². The molecular formula is C32H35NO7. The number of carbonyl (C=O) groups is 2. The average Bonchev–Trinajstić information content (AvgIpc) is 3.19. The van der Waals surface area contributed by atoms with Gasteiger partial charge in [-0.05, 0) is 76.6 Å². The first-order chi connectivity index (χ1) is 19.3. The highest BCUT2D eigenvalue weighted by atomic mass is 16.5. The first kappa shape index (κ1) is 28.5. The van der Waals surface area contributed by atoms with E-state index in [-0.39, 0.29) is 23.0 Å². The Balaban J connectivity index is 1.91. The summed E-state index contributed by atoms with van der Waals surface area (Å²) in [5, 5.41) is 11.7. The maximum atomic E-state index is 13.6. The van der Waals surface area contributed by atoms with E-state index in [0.29, 0.717) is 54.1 Å². The zero-order valence-corrected chi connectivity index (χ0v) is 23.5. The molecule has 1 amide bonds. The summed E-state index contributed by atoms with van der Waals surface area (Å²) in [5.74, 6) is 0.226. The standard InChI is InChI=1S/C32H35NO7/c1-6-37-24-11-9-10-22(18-24)33-29(21-12-14-23(15-13-21)40-20(4)5)28(31(35)32(33)36)30(34)26-17-16-25(38-7-2)19-27(26)39-8-3/h9-20,29,34H,6-8H2,1-5H3/b30-28-. The minimum absolute atomic E-state index is 0.0190. The van der Waals surface area contributed by atoms with Crippen molar-refractivity contribution < 1.29 is 33.6 Å². The molecule has 3 aromatic carbocycles. The molecule has 0 aromatic heterocycles. The van der Waals surface area contributed by atoms with Crippen molar-refractivity contribution in [1.29, 1.82) is 0 Å². The van der Waals surface area contributed by atoms with Crippen LogP contribution in [-0.4, -0.2) is 42.7 Å². The number of anilines is 1. The summed E-state index contributed by atoms with van der Waals surface area (Å²) in [6.07, 6.45) is -0.0190. The largest absolute Gasteiger partial charge is 0.507 e. The number of amides is 1. The second kappa shape index (κ2) is 12.6. The number of ketones is 1. The number of benzene rings is 3. The molecule has 1 aliphatic heterocycles. The Hall–Kier alpha value is -4.46. The summed E-state index contributed by atoms with van der Waals surface area (Å²) in [7, 11) is 0. The van der Waals surface area contributed by atoms with E-state index in [1.807, 2.05) is 34.6 Å². The van der Waals surface area contributed by atoms with Crippen LogP contribution in [0.25, 0.3) is 5.76 Å². The van der Waals surface area contributed by atoms with Crippen molar-refractivity contribution in [3.05, 3.63) is 83.4 Å². The molecule has 1 atom stereocenters. The van der Waals surface area contributed by atoms with Gasteiger partial charge < -0.3 is 24.1 Å². The zero-order valence-electron chi connectivity index (χ0n) is 23.5. The van der Waals surface area contributed by atoms with Crippen molar-refractivity contribution in [3.8, 4) is 23.0 Å². The minimum atomic E-state index is -0.911. The van der Waals surface area contributed by atoms with Gasteiger partial charge in [0.15, 0.2) is 0 Å². The van der Waals surface area contributed by atoms with E-state index in [4.69, 9.17) is 18.9 Å². The van der Waals surface area contributed by atoms with E-state index in [2.05, 4.69) is 0 Å². The molecule has 3 aromatic rings. The van der Waals surface area contributed by atoms with Gasteiger partial charge in [0.05, 0.1) is 43.1 Å². The number of Topliss-reactive ketones (excluding diaryl/α,β-unsaturated/α-hetero) is 1. The van der Waals surface area contributed by atoms with Crippen LogP contribution in [-0.2, 0) is 9.59 Å². The fraction of sp³-hybridized carbons (Fsp3) is 0.312. The highest BCUT2D eigenvalue weighted by molar-refractivity contribution is 6.51. The number of carbonyl (C=O) groups excluding carboxylic acids is 2. The summed E-state index contributed by atoms with van der Waals surface area (Å²) in [5.41, 5.74) is 1.34. The maximum Gasteiger partial charge on any atom is 0.300 e. The third kappa shape index (κ3) is 5.91. The third-order valence-electron chi connectivity index (χ3n) is 6.24. The Kier molecular flexibility index (Phi) is 8.99. The fourth-order valence-corrected chi connectivity index (χ4v) is 4.68. The van der Waals surface area contributed by atoms with Crippen LogP contribution in [0, 0.1) is 0 Å².